The van der Waals surface area contributed by atoms with E-state index in [4.69, 9.17) is 0 Å². The van der Waals surface area contributed by atoms with E-state index < -0.39 is 0 Å². The fourth-order valence-corrected chi connectivity index (χ4v) is 9.74. The third-order valence-corrected chi connectivity index (χ3v) is 12.8. The topological polar surface area (TPSA) is 33.6 Å². The molecular formula is C61H39N3. The molecule has 0 aliphatic carbocycles. The summed E-state index contributed by atoms with van der Waals surface area (Å²) in [7, 11) is 0. The van der Waals surface area contributed by atoms with Crippen LogP contribution in [0.5, 0.6) is 0 Å². The van der Waals surface area contributed by atoms with Gasteiger partial charge in [-0.2, -0.15) is 5.26 Å². The Hall–Kier alpha value is -8.71. The van der Waals surface area contributed by atoms with Gasteiger partial charge in [0.25, 0.3) is 0 Å². The molecule has 12 rings (SSSR count). The third kappa shape index (κ3) is 6.20. The molecule has 0 radical (unpaired) electrons. The minimum absolute atomic E-state index is 0.637. The van der Waals surface area contributed by atoms with Crippen molar-refractivity contribution in [1.82, 2.24) is 9.13 Å². The van der Waals surface area contributed by atoms with E-state index >= 15 is 0 Å². The molecule has 0 unspecified atom stereocenters. The molecule has 0 aliphatic rings. The maximum atomic E-state index is 10.2. The molecule has 0 saturated carbocycles. The van der Waals surface area contributed by atoms with E-state index in [1.165, 1.54) is 33.0 Å². The minimum Gasteiger partial charge on any atom is -0.309 e. The molecule has 0 atom stereocenters. The van der Waals surface area contributed by atoms with Crippen LogP contribution >= 0.6 is 0 Å². The van der Waals surface area contributed by atoms with Crippen LogP contribution in [-0.4, -0.2) is 9.13 Å². The lowest BCUT2D eigenvalue weighted by atomic mass is 9.97. The second-order valence-electron chi connectivity index (χ2n) is 16.4. The predicted octanol–water partition coefficient (Wildman–Crippen LogP) is 16.1. The highest BCUT2D eigenvalue weighted by atomic mass is 15.0. The lowest BCUT2D eigenvalue weighted by Crippen LogP contribution is -1.98. The molecule has 0 amide bonds. The first kappa shape index (κ1) is 37.1. The van der Waals surface area contributed by atoms with Crippen LogP contribution in [0, 0.1) is 11.3 Å². The number of aromatic nitrogens is 2. The zero-order chi connectivity index (χ0) is 42.6. The summed E-state index contributed by atoms with van der Waals surface area (Å²) in [5.41, 5.74) is 18.9. The van der Waals surface area contributed by atoms with E-state index in [9.17, 15) is 5.26 Å². The van der Waals surface area contributed by atoms with Gasteiger partial charge in [0.05, 0.1) is 39.4 Å². The first-order chi connectivity index (χ1) is 31.7. The number of fused-ring (bicyclic) bond motifs is 6. The summed E-state index contributed by atoms with van der Waals surface area (Å²) in [6.07, 6.45) is 0. The lowest BCUT2D eigenvalue weighted by Gasteiger charge is -2.16. The van der Waals surface area contributed by atoms with Gasteiger partial charge in [0, 0.05) is 32.8 Å². The van der Waals surface area contributed by atoms with Gasteiger partial charge in [-0.1, -0.05) is 170 Å². The summed E-state index contributed by atoms with van der Waals surface area (Å²) in [6.45, 7) is 0. The van der Waals surface area contributed by atoms with Gasteiger partial charge in [-0.3, -0.25) is 0 Å². The van der Waals surface area contributed by atoms with Crippen LogP contribution in [0.4, 0.5) is 0 Å². The predicted molar refractivity (Wildman–Crippen MR) is 267 cm³/mol. The van der Waals surface area contributed by atoms with Gasteiger partial charge in [0.15, 0.2) is 0 Å². The number of nitriles is 1. The molecule has 2 aromatic heterocycles. The third-order valence-electron chi connectivity index (χ3n) is 12.8. The Bertz CT molecular complexity index is 3740. The normalized spacial score (nSPS) is 11.4. The minimum atomic E-state index is 0.637. The largest absolute Gasteiger partial charge is 0.309 e. The summed E-state index contributed by atoms with van der Waals surface area (Å²) >= 11 is 0. The van der Waals surface area contributed by atoms with Gasteiger partial charge in [-0.05, 0) is 117 Å². The summed E-state index contributed by atoms with van der Waals surface area (Å²) in [5, 5.41) is 14.7. The smallest absolute Gasteiger partial charge is 0.0991 e. The average molecular weight is 814 g/mol. The van der Waals surface area contributed by atoms with Gasteiger partial charge in [-0.15, -0.1) is 0 Å². The summed E-state index contributed by atoms with van der Waals surface area (Å²) in [6, 6.07) is 87.1. The lowest BCUT2D eigenvalue weighted by molar-refractivity contribution is 1.18. The van der Waals surface area contributed by atoms with E-state index in [0.717, 1.165) is 77.6 Å². The molecule has 0 spiro atoms. The Kier molecular flexibility index (Phi) is 8.88. The standard InChI is InChI=1S/C61H39N3/c62-40-41-24-33-56-53(36-41)54-37-47(28-34-57(54)64(56)60-39-49(43-16-7-2-8-17-43)27-32-51(60)45-18-9-3-10-19-45)48-29-35-58-55(38-48)61-52(46-20-11-4-12-21-46)22-13-23-59(61)63(58)50-30-25-44(26-31-50)42-14-5-1-6-15-42/h1-39H. The molecule has 0 fully saturated rings. The van der Waals surface area contributed by atoms with Gasteiger partial charge < -0.3 is 9.13 Å². The number of benzene rings is 10. The second-order valence-corrected chi connectivity index (χ2v) is 16.4. The Balaban J connectivity index is 1.07. The van der Waals surface area contributed by atoms with Crippen molar-refractivity contribution in [3.63, 3.8) is 0 Å². The average Bonchev–Trinajstić information content (AvgIpc) is 3.89. The summed E-state index contributed by atoms with van der Waals surface area (Å²) in [5.74, 6) is 0. The summed E-state index contributed by atoms with van der Waals surface area (Å²) in [4.78, 5) is 0. The Morgan fingerprint density at radius 2 is 0.766 bits per heavy atom. The highest BCUT2D eigenvalue weighted by Crippen LogP contribution is 2.43. The van der Waals surface area contributed by atoms with Crippen LogP contribution in [0.15, 0.2) is 237 Å². The molecule has 0 bridgehead atoms. The molecule has 12 aromatic rings. The first-order valence-electron chi connectivity index (χ1n) is 21.7. The van der Waals surface area contributed by atoms with Crippen molar-refractivity contribution in [3.05, 3.63) is 242 Å². The molecule has 2 heterocycles. The molecule has 0 saturated heterocycles. The van der Waals surface area contributed by atoms with Crippen molar-refractivity contribution >= 4 is 43.6 Å². The maximum Gasteiger partial charge on any atom is 0.0991 e. The van der Waals surface area contributed by atoms with Crippen molar-refractivity contribution < 1.29 is 0 Å². The molecule has 298 valence electrons. The number of hydrogen-bond acceptors (Lipinski definition) is 1. The van der Waals surface area contributed by atoms with Gasteiger partial charge in [0.1, 0.15) is 0 Å². The molecule has 0 N–H and O–H groups in total. The fourth-order valence-electron chi connectivity index (χ4n) is 9.74. The van der Waals surface area contributed by atoms with Crippen molar-refractivity contribution in [2.45, 2.75) is 0 Å². The van der Waals surface area contributed by atoms with Crippen LogP contribution in [0.25, 0.3) is 111 Å². The van der Waals surface area contributed by atoms with Crippen molar-refractivity contribution in [2.24, 2.45) is 0 Å². The molecule has 3 heteroatoms. The number of hydrogen-bond donors (Lipinski definition) is 0. The van der Waals surface area contributed by atoms with E-state index in [-0.39, 0.29) is 0 Å². The second kappa shape index (κ2) is 15.3. The van der Waals surface area contributed by atoms with Gasteiger partial charge in [0.2, 0.25) is 0 Å². The molecule has 3 nitrogen and oxygen atoms in total. The zero-order valence-electron chi connectivity index (χ0n) is 34.9. The van der Waals surface area contributed by atoms with E-state index in [2.05, 4.69) is 240 Å². The van der Waals surface area contributed by atoms with Crippen LogP contribution in [0.2, 0.25) is 0 Å². The Morgan fingerprint density at radius 1 is 0.297 bits per heavy atom. The van der Waals surface area contributed by atoms with Crippen molar-refractivity contribution in [1.29, 1.82) is 5.26 Å². The van der Waals surface area contributed by atoms with Crippen LogP contribution in [0.1, 0.15) is 5.56 Å². The monoisotopic (exact) mass is 813 g/mol. The van der Waals surface area contributed by atoms with E-state index in [0.29, 0.717) is 5.56 Å². The SMILES string of the molecule is N#Cc1ccc2c(c1)c1cc(-c3ccc4c(c3)c3c(-c5ccccc5)cccc3n4-c3ccc(-c4ccccc4)cc3)ccc1n2-c1cc(-c2ccccc2)ccc1-c1ccccc1. The highest BCUT2D eigenvalue weighted by molar-refractivity contribution is 6.17. The van der Waals surface area contributed by atoms with E-state index in [1.807, 2.05) is 12.1 Å². The van der Waals surface area contributed by atoms with Gasteiger partial charge >= 0.3 is 0 Å². The maximum absolute atomic E-state index is 10.2. The van der Waals surface area contributed by atoms with Gasteiger partial charge in [-0.25, -0.2) is 0 Å². The van der Waals surface area contributed by atoms with Crippen LogP contribution in [-0.2, 0) is 0 Å². The van der Waals surface area contributed by atoms with E-state index in [1.54, 1.807) is 0 Å². The fraction of sp³-hybridized carbons (Fsp3) is 0. The summed E-state index contributed by atoms with van der Waals surface area (Å²) < 4.78 is 4.79. The quantitative estimate of drug-likeness (QED) is 0.158. The van der Waals surface area contributed by atoms with Crippen LogP contribution < -0.4 is 0 Å². The Labute approximate surface area is 371 Å². The number of rotatable bonds is 7. The molecule has 0 aliphatic heterocycles. The van der Waals surface area contributed by atoms with Crippen molar-refractivity contribution in [2.75, 3.05) is 0 Å². The molecule has 64 heavy (non-hydrogen) atoms. The van der Waals surface area contributed by atoms with Crippen LogP contribution in [0.3, 0.4) is 0 Å². The molecular weight excluding hydrogens is 775 g/mol. The first-order valence-corrected chi connectivity index (χ1v) is 21.7. The number of nitrogens with zero attached hydrogens (tertiary/aromatic N) is 3. The highest BCUT2D eigenvalue weighted by Gasteiger charge is 2.20. The zero-order valence-corrected chi connectivity index (χ0v) is 34.9. The Morgan fingerprint density at radius 3 is 1.39 bits per heavy atom. The molecule has 10 aromatic carbocycles. The van der Waals surface area contributed by atoms with Crippen molar-refractivity contribution in [3.8, 4) is 73.1 Å².